The number of allylic oxidation sites excluding steroid dienone is 1. The molecule has 4 N–H and O–H groups in total. The quantitative estimate of drug-likeness (QED) is 0.235. The second-order valence-corrected chi connectivity index (χ2v) is 11.5. The third-order valence-electron chi connectivity index (χ3n) is 7.78. The van der Waals surface area contributed by atoms with Crippen LogP contribution in [0, 0.1) is 11.7 Å². The molecule has 2 aromatic carbocycles. The van der Waals surface area contributed by atoms with Crippen molar-refractivity contribution in [1.82, 2.24) is 20.5 Å². The minimum absolute atomic E-state index is 0.0316. The van der Waals surface area contributed by atoms with Crippen LogP contribution in [0.2, 0.25) is 0 Å². The number of carboxylic acids is 1. The van der Waals surface area contributed by atoms with E-state index < -0.39 is 60.5 Å². The van der Waals surface area contributed by atoms with Crippen molar-refractivity contribution in [2.24, 2.45) is 5.92 Å². The number of hydrogen-bond donors (Lipinski definition) is 4. The molecule has 2 heterocycles. The summed E-state index contributed by atoms with van der Waals surface area (Å²) >= 11 is 0. The number of pyridine rings is 1. The summed E-state index contributed by atoms with van der Waals surface area (Å²) in [6.45, 7) is 1.00. The molecule has 2 fully saturated rings. The SMILES string of the molecule is COc1cc(/C=C/C2CC2)c([C@H](C)NC(=O)[C@@H]2C[C@@H](F)CN2C(=O)CNC(=O)c2ccc3cc(F)ccc3n2)cc1O.O=C(O)C(F)(F)F. The van der Waals surface area contributed by atoms with Gasteiger partial charge >= 0.3 is 12.1 Å². The molecular weight excluding hydrogens is 659 g/mol. The minimum Gasteiger partial charge on any atom is -0.504 e. The summed E-state index contributed by atoms with van der Waals surface area (Å²) < 4.78 is 64.9. The van der Waals surface area contributed by atoms with E-state index in [0.717, 1.165) is 23.3 Å². The van der Waals surface area contributed by atoms with E-state index >= 15 is 0 Å². The fraction of sp³-hybridized carbons (Fsp3) is 0.364. The van der Waals surface area contributed by atoms with Gasteiger partial charge in [0.25, 0.3) is 5.91 Å². The third kappa shape index (κ3) is 9.64. The number of carboxylic acid groups (broad SMARTS) is 1. The highest BCUT2D eigenvalue weighted by Gasteiger charge is 2.40. The van der Waals surface area contributed by atoms with Crippen molar-refractivity contribution in [3.8, 4) is 11.5 Å². The van der Waals surface area contributed by atoms with Gasteiger partial charge in [0.15, 0.2) is 11.5 Å². The summed E-state index contributed by atoms with van der Waals surface area (Å²) in [6, 6.07) is 8.51. The molecule has 1 saturated carbocycles. The summed E-state index contributed by atoms with van der Waals surface area (Å²) in [6.07, 6.45) is -0.417. The molecule has 1 aromatic heterocycles. The lowest BCUT2D eigenvalue weighted by Gasteiger charge is -2.26. The number of aromatic hydroxyl groups is 1. The maximum Gasteiger partial charge on any atom is 0.490 e. The lowest BCUT2D eigenvalue weighted by molar-refractivity contribution is -0.192. The van der Waals surface area contributed by atoms with E-state index in [-0.39, 0.29) is 24.4 Å². The van der Waals surface area contributed by atoms with Crippen molar-refractivity contribution in [2.75, 3.05) is 20.2 Å². The standard InChI is InChI=1S/C31H32F2N4O5.C2HF3O2/c1-17(23-14-27(38)28(42-2)12-19(23)6-5-18-3-4-18)35-31(41)26-13-22(33)16-37(26)29(39)15-34-30(40)25-9-7-20-11-21(32)8-10-24(20)36-25;3-2(4,5)1(6)7/h5-12,14,17-18,22,26,38H,3-4,13,15-16H2,1-2H3,(H,34,40)(H,35,41);(H,6,7)/b6-5+;/t17-,22+,26-;/m0./s1. The Balaban J connectivity index is 0.000000698. The number of ether oxygens (including phenoxy) is 1. The first kappa shape index (κ1) is 36.6. The number of carbonyl (C=O) groups excluding carboxylic acids is 3. The average molecular weight is 693 g/mol. The number of rotatable bonds is 9. The van der Waals surface area contributed by atoms with Crippen LogP contribution in [-0.4, -0.2) is 82.4 Å². The van der Waals surface area contributed by atoms with Gasteiger partial charge in [-0.25, -0.2) is 18.6 Å². The van der Waals surface area contributed by atoms with E-state index in [9.17, 15) is 41.4 Å². The Labute approximate surface area is 276 Å². The van der Waals surface area contributed by atoms with E-state index in [1.54, 1.807) is 19.1 Å². The fourth-order valence-corrected chi connectivity index (χ4v) is 5.08. The smallest absolute Gasteiger partial charge is 0.490 e. The van der Waals surface area contributed by atoms with Crippen LogP contribution in [0.4, 0.5) is 22.0 Å². The number of amides is 3. The molecule has 1 aliphatic carbocycles. The molecule has 2 aliphatic rings. The summed E-state index contributed by atoms with van der Waals surface area (Å²) in [7, 11) is 1.45. The Morgan fingerprint density at radius 1 is 1.12 bits per heavy atom. The highest BCUT2D eigenvalue weighted by molar-refractivity contribution is 5.97. The average Bonchev–Trinajstić information content (AvgIpc) is 3.80. The first-order valence-corrected chi connectivity index (χ1v) is 15.0. The van der Waals surface area contributed by atoms with Gasteiger partial charge in [-0.05, 0) is 73.2 Å². The highest BCUT2D eigenvalue weighted by atomic mass is 19.4. The zero-order chi connectivity index (χ0) is 36.0. The molecule has 3 atom stereocenters. The van der Waals surface area contributed by atoms with Gasteiger partial charge in [-0.2, -0.15) is 13.2 Å². The Kier molecular flexibility index (Phi) is 11.4. The van der Waals surface area contributed by atoms with E-state index in [0.29, 0.717) is 28.1 Å². The minimum atomic E-state index is -5.08. The summed E-state index contributed by atoms with van der Waals surface area (Å²) in [5.41, 5.74) is 1.85. The number of alkyl halides is 4. The van der Waals surface area contributed by atoms with Crippen molar-refractivity contribution in [3.63, 3.8) is 0 Å². The molecule has 11 nitrogen and oxygen atoms in total. The second-order valence-electron chi connectivity index (χ2n) is 11.5. The molecule has 0 spiro atoms. The predicted molar refractivity (Wildman–Crippen MR) is 166 cm³/mol. The molecule has 49 heavy (non-hydrogen) atoms. The maximum absolute atomic E-state index is 14.5. The molecule has 0 bridgehead atoms. The van der Waals surface area contributed by atoms with Crippen molar-refractivity contribution in [1.29, 1.82) is 0 Å². The summed E-state index contributed by atoms with van der Waals surface area (Å²) in [5, 5.41) is 23.4. The van der Waals surface area contributed by atoms with Crippen LogP contribution in [0.25, 0.3) is 17.0 Å². The molecule has 3 amide bonds. The number of phenols is 1. The number of halogens is 5. The van der Waals surface area contributed by atoms with Gasteiger partial charge in [-0.1, -0.05) is 18.2 Å². The number of likely N-dealkylation sites (tertiary alicyclic amines) is 1. The van der Waals surface area contributed by atoms with Gasteiger partial charge in [0, 0.05) is 11.8 Å². The van der Waals surface area contributed by atoms with Gasteiger partial charge in [-0.15, -0.1) is 0 Å². The first-order valence-electron chi connectivity index (χ1n) is 15.0. The van der Waals surface area contributed by atoms with Crippen LogP contribution in [0.5, 0.6) is 11.5 Å². The molecule has 0 radical (unpaired) electrons. The number of aromatic nitrogens is 1. The lowest BCUT2D eigenvalue weighted by Crippen LogP contribution is -2.49. The number of hydrogen-bond acceptors (Lipinski definition) is 7. The van der Waals surface area contributed by atoms with Crippen molar-refractivity contribution in [3.05, 3.63) is 71.2 Å². The Bertz CT molecular complexity index is 1760. The molecule has 5 rings (SSSR count). The molecule has 262 valence electrons. The van der Waals surface area contributed by atoms with Gasteiger partial charge in [-0.3, -0.25) is 14.4 Å². The fourth-order valence-electron chi connectivity index (χ4n) is 5.08. The lowest BCUT2D eigenvalue weighted by atomic mass is 9.99. The maximum atomic E-state index is 14.5. The predicted octanol–water partition coefficient (Wildman–Crippen LogP) is 4.69. The number of phenolic OH excluding ortho intramolecular Hbond substituents is 1. The van der Waals surface area contributed by atoms with Gasteiger partial charge in [0.2, 0.25) is 11.8 Å². The van der Waals surface area contributed by atoms with E-state index in [4.69, 9.17) is 14.6 Å². The number of benzene rings is 2. The third-order valence-corrected chi connectivity index (χ3v) is 7.78. The van der Waals surface area contributed by atoms with Crippen LogP contribution in [-0.2, 0) is 14.4 Å². The largest absolute Gasteiger partial charge is 0.504 e. The van der Waals surface area contributed by atoms with Crippen molar-refractivity contribution < 1.29 is 56.1 Å². The number of nitrogens with one attached hydrogen (secondary N) is 2. The molecule has 3 aromatic rings. The highest BCUT2D eigenvalue weighted by Crippen LogP contribution is 2.36. The van der Waals surface area contributed by atoms with Crippen LogP contribution in [0.1, 0.15) is 53.8 Å². The second kappa shape index (κ2) is 15.3. The van der Waals surface area contributed by atoms with Crippen LogP contribution >= 0.6 is 0 Å². The van der Waals surface area contributed by atoms with Gasteiger partial charge in [0.1, 0.15) is 23.7 Å². The zero-order valence-corrected chi connectivity index (χ0v) is 26.3. The molecule has 1 saturated heterocycles. The van der Waals surface area contributed by atoms with Crippen molar-refractivity contribution in [2.45, 2.75) is 50.6 Å². The monoisotopic (exact) mass is 692 g/mol. The normalized spacial score (nSPS) is 18.1. The summed E-state index contributed by atoms with van der Waals surface area (Å²) in [5.74, 6) is -4.25. The van der Waals surface area contributed by atoms with Crippen LogP contribution < -0.4 is 15.4 Å². The first-order chi connectivity index (χ1) is 23.1. The molecule has 1 aliphatic heterocycles. The molecule has 16 heteroatoms. The van der Waals surface area contributed by atoms with Gasteiger partial charge in [0.05, 0.1) is 31.8 Å². The Hall–Kier alpha value is -5.28. The topological polar surface area (TPSA) is 158 Å². The number of methoxy groups -OCH3 is 1. The van der Waals surface area contributed by atoms with E-state index in [1.807, 2.05) is 6.08 Å². The van der Waals surface area contributed by atoms with Crippen molar-refractivity contribution >= 4 is 40.7 Å². The number of aliphatic carboxylic acids is 1. The molecule has 0 unspecified atom stereocenters. The molecular formula is C33H33F5N4O7. The van der Waals surface area contributed by atoms with Crippen LogP contribution in [0.15, 0.2) is 48.5 Å². The number of nitrogens with zero attached hydrogens (tertiary/aromatic N) is 2. The number of fused-ring (bicyclic) bond motifs is 1. The Morgan fingerprint density at radius 3 is 2.45 bits per heavy atom. The number of carbonyl (C=O) groups is 4. The van der Waals surface area contributed by atoms with E-state index in [1.165, 1.54) is 37.4 Å². The van der Waals surface area contributed by atoms with Gasteiger partial charge < -0.3 is 30.5 Å². The van der Waals surface area contributed by atoms with Crippen LogP contribution in [0.3, 0.4) is 0 Å². The Morgan fingerprint density at radius 2 is 1.82 bits per heavy atom. The summed E-state index contributed by atoms with van der Waals surface area (Å²) in [4.78, 5) is 53.2. The zero-order valence-electron chi connectivity index (χ0n) is 26.3. The van der Waals surface area contributed by atoms with E-state index in [2.05, 4.69) is 21.7 Å².